The summed E-state index contributed by atoms with van der Waals surface area (Å²) in [6.45, 7) is -0.411. The molecular formula is C30H28N4O11. The quantitative estimate of drug-likeness (QED) is 0.305. The summed E-state index contributed by atoms with van der Waals surface area (Å²) in [5.41, 5.74) is 0.854. The van der Waals surface area contributed by atoms with Gasteiger partial charge in [0.25, 0.3) is 5.56 Å². The number of phenolic OH excluding ortho intramolecular Hbond substituents is 1. The first-order valence-electron chi connectivity index (χ1n) is 14.0. The molecule has 2 aromatic carbocycles. The van der Waals surface area contributed by atoms with Crippen LogP contribution in [0.4, 0.5) is 0 Å². The minimum Gasteiger partial charge on any atom is -0.502 e. The number of carbonyl (C=O) groups excluding carboxylic acids is 2. The van der Waals surface area contributed by atoms with Gasteiger partial charge < -0.3 is 38.1 Å². The monoisotopic (exact) mass is 620 g/mol. The van der Waals surface area contributed by atoms with Gasteiger partial charge in [-0.1, -0.05) is 0 Å². The first-order valence-corrected chi connectivity index (χ1v) is 14.0. The minimum atomic E-state index is -0.933. The van der Waals surface area contributed by atoms with Crippen molar-refractivity contribution in [2.24, 2.45) is 25.9 Å². The number of hydrogen-bond acceptors (Lipinski definition) is 12. The Labute approximate surface area is 254 Å². The van der Waals surface area contributed by atoms with E-state index in [1.54, 1.807) is 24.3 Å². The number of aryl methyl sites for hydroxylation is 1. The van der Waals surface area contributed by atoms with E-state index in [1.165, 1.54) is 43.8 Å². The van der Waals surface area contributed by atoms with Crippen LogP contribution in [0.15, 0.2) is 40.2 Å². The molecule has 0 spiro atoms. The average Bonchev–Trinajstić information content (AvgIpc) is 3.77. The van der Waals surface area contributed by atoms with Crippen LogP contribution < -0.4 is 30.2 Å². The molecule has 15 heteroatoms. The summed E-state index contributed by atoms with van der Waals surface area (Å²) < 4.78 is 37.2. The highest BCUT2D eigenvalue weighted by Crippen LogP contribution is 2.56. The summed E-state index contributed by atoms with van der Waals surface area (Å²) in [4.78, 5) is 56.3. The molecule has 7 rings (SSSR count). The highest BCUT2D eigenvalue weighted by atomic mass is 16.7. The van der Waals surface area contributed by atoms with Crippen molar-refractivity contribution < 1.29 is 43.1 Å². The molecule has 15 nitrogen and oxygen atoms in total. The lowest BCUT2D eigenvalue weighted by Crippen LogP contribution is -2.38. The Morgan fingerprint density at radius 1 is 0.978 bits per heavy atom. The van der Waals surface area contributed by atoms with Crippen molar-refractivity contribution in [3.8, 4) is 28.7 Å². The topological polar surface area (TPSA) is 172 Å². The molecule has 2 aliphatic heterocycles. The molecule has 3 aliphatic rings. The highest BCUT2D eigenvalue weighted by molar-refractivity contribution is 5.80. The second-order valence-electron chi connectivity index (χ2n) is 11.1. The molecule has 1 N–H and O–H groups in total. The van der Waals surface area contributed by atoms with Crippen molar-refractivity contribution in [3.63, 3.8) is 0 Å². The number of methoxy groups -OCH3 is 2. The Morgan fingerprint density at radius 3 is 2.31 bits per heavy atom. The van der Waals surface area contributed by atoms with Crippen LogP contribution in [0.25, 0.3) is 11.2 Å². The van der Waals surface area contributed by atoms with Crippen LogP contribution in [0, 0.1) is 11.8 Å². The van der Waals surface area contributed by atoms with Gasteiger partial charge in [0.05, 0.1) is 33.1 Å². The van der Waals surface area contributed by atoms with Gasteiger partial charge in [0.15, 0.2) is 34.2 Å². The molecule has 0 bridgehead atoms. The van der Waals surface area contributed by atoms with Gasteiger partial charge in [0.2, 0.25) is 12.5 Å². The van der Waals surface area contributed by atoms with E-state index in [9.17, 15) is 24.3 Å². The number of benzene rings is 2. The van der Waals surface area contributed by atoms with E-state index < -0.39 is 47.0 Å². The first-order chi connectivity index (χ1) is 21.6. The number of fused-ring (bicyclic) bond motifs is 4. The van der Waals surface area contributed by atoms with Crippen LogP contribution in [-0.4, -0.2) is 63.3 Å². The molecule has 1 fully saturated rings. The Morgan fingerprint density at radius 2 is 1.64 bits per heavy atom. The summed E-state index contributed by atoms with van der Waals surface area (Å²) in [6.07, 6.45) is 0.365. The molecule has 0 saturated carbocycles. The Bertz CT molecular complexity index is 2000. The maximum absolute atomic E-state index is 13.5. The SMILES string of the molecule is COc1cc([C@@H]2c3cc4c(cc3[C@@H](OC(=O)Cn3cnc5c3c(=O)n(C)c(=O)n5C)[C@H]3COC(=O)[C@H]23)OCO4)cc(OC)c1O. The van der Waals surface area contributed by atoms with Crippen molar-refractivity contribution in [2.75, 3.05) is 27.6 Å². The fourth-order valence-corrected chi connectivity index (χ4v) is 6.59. The number of rotatable bonds is 6. The number of cyclic esters (lactones) is 1. The average molecular weight is 621 g/mol. The summed E-state index contributed by atoms with van der Waals surface area (Å²) in [5, 5.41) is 10.6. The lowest BCUT2D eigenvalue weighted by molar-refractivity contribution is -0.155. The summed E-state index contributed by atoms with van der Waals surface area (Å²) >= 11 is 0. The van der Waals surface area contributed by atoms with E-state index in [1.807, 2.05) is 0 Å². The van der Waals surface area contributed by atoms with E-state index in [0.717, 1.165) is 4.57 Å². The lowest BCUT2D eigenvalue weighted by atomic mass is 9.66. The second-order valence-corrected chi connectivity index (χ2v) is 11.1. The number of hydrogen-bond donors (Lipinski definition) is 1. The van der Waals surface area contributed by atoms with Crippen molar-refractivity contribution in [2.45, 2.75) is 18.6 Å². The van der Waals surface area contributed by atoms with Gasteiger partial charge in [0.1, 0.15) is 12.6 Å². The molecule has 0 amide bonds. The zero-order valence-electron chi connectivity index (χ0n) is 24.6. The number of carbonyl (C=O) groups is 2. The van der Waals surface area contributed by atoms with E-state index in [4.69, 9.17) is 28.4 Å². The third kappa shape index (κ3) is 4.21. The maximum atomic E-state index is 13.5. The molecule has 4 atom stereocenters. The van der Waals surface area contributed by atoms with Gasteiger partial charge in [-0.3, -0.25) is 23.5 Å². The summed E-state index contributed by atoms with van der Waals surface area (Å²) in [6, 6.07) is 6.74. The zero-order chi connectivity index (χ0) is 31.7. The van der Waals surface area contributed by atoms with Crippen molar-refractivity contribution >= 4 is 23.1 Å². The number of esters is 2. The minimum absolute atomic E-state index is 0.00569. The van der Waals surface area contributed by atoms with Crippen LogP contribution in [0.3, 0.4) is 0 Å². The predicted molar refractivity (Wildman–Crippen MR) is 153 cm³/mol. The number of aromatic hydroxyl groups is 1. The number of aromatic nitrogens is 4. The third-order valence-electron chi connectivity index (χ3n) is 8.76. The van der Waals surface area contributed by atoms with Crippen molar-refractivity contribution in [1.82, 2.24) is 18.7 Å². The number of nitrogens with zero attached hydrogens (tertiary/aromatic N) is 4. The van der Waals surface area contributed by atoms with Crippen LogP contribution >= 0.6 is 0 Å². The van der Waals surface area contributed by atoms with E-state index in [0.29, 0.717) is 28.2 Å². The number of ether oxygens (including phenoxy) is 6. The highest BCUT2D eigenvalue weighted by Gasteiger charge is 2.54. The fourth-order valence-electron chi connectivity index (χ4n) is 6.59. The summed E-state index contributed by atoms with van der Waals surface area (Å²) in [5.74, 6) is -2.17. The Balaban J connectivity index is 1.32. The van der Waals surface area contributed by atoms with Gasteiger partial charge in [0, 0.05) is 31.5 Å². The van der Waals surface area contributed by atoms with E-state index in [-0.39, 0.29) is 48.4 Å². The molecular weight excluding hydrogens is 592 g/mol. The third-order valence-corrected chi connectivity index (χ3v) is 8.76. The van der Waals surface area contributed by atoms with Gasteiger partial charge in [-0.25, -0.2) is 9.78 Å². The zero-order valence-corrected chi connectivity index (χ0v) is 24.6. The normalized spacial score (nSPS) is 21.3. The molecule has 4 aromatic rings. The van der Waals surface area contributed by atoms with Gasteiger partial charge in [-0.05, 0) is 35.4 Å². The molecule has 1 aliphatic carbocycles. The first kappa shape index (κ1) is 28.3. The molecule has 2 aromatic heterocycles. The fraction of sp³-hybridized carbons (Fsp3) is 0.367. The van der Waals surface area contributed by atoms with Gasteiger partial charge >= 0.3 is 17.6 Å². The Kier molecular flexibility index (Phi) is 6.49. The Hall–Kier alpha value is -5.47. The standard InChI is InChI=1S/C30H28N4O11/c1-32-27-24(28(37)33(2)30(32)39)34(11-31-27)9-21(35)45-26-15-8-18-17(43-12-44-18)7-14(15)22(23-16(26)10-42-29(23)38)13-5-19(40-3)25(36)20(6-13)41-4/h5-8,11,16,22-23,26,36H,9-10,12H2,1-4H3/t16-,22+,23-,26+/m0/s1. The summed E-state index contributed by atoms with van der Waals surface area (Å²) in [7, 11) is 5.64. The van der Waals surface area contributed by atoms with Crippen LogP contribution in [0.5, 0.6) is 28.7 Å². The number of phenols is 1. The van der Waals surface area contributed by atoms with Gasteiger partial charge in [-0.2, -0.15) is 0 Å². The maximum Gasteiger partial charge on any atom is 0.332 e. The van der Waals surface area contributed by atoms with Crippen molar-refractivity contribution in [1.29, 1.82) is 0 Å². The number of imidazole rings is 1. The molecule has 45 heavy (non-hydrogen) atoms. The molecule has 4 heterocycles. The van der Waals surface area contributed by atoms with Crippen LogP contribution in [0.2, 0.25) is 0 Å². The lowest BCUT2D eigenvalue weighted by Gasteiger charge is -2.38. The smallest absolute Gasteiger partial charge is 0.332 e. The van der Waals surface area contributed by atoms with Crippen molar-refractivity contribution in [3.05, 3.63) is 68.1 Å². The largest absolute Gasteiger partial charge is 0.502 e. The van der Waals surface area contributed by atoms with Gasteiger partial charge in [-0.15, -0.1) is 0 Å². The van der Waals surface area contributed by atoms with E-state index in [2.05, 4.69) is 4.98 Å². The van der Waals surface area contributed by atoms with E-state index >= 15 is 0 Å². The predicted octanol–water partition coefficient (Wildman–Crippen LogP) is 1.10. The van der Waals surface area contributed by atoms with Crippen LogP contribution in [0.1, 0.15) is 28.7 Å². The molecule has 1 saturated heterocycles. The molecule has 234 valence electrons. The molecule has 0 radical (unpaired) electrons. The van der Waals surface area contributed by atoms with Crippen LogP contribution in [-0.2, 0) is 39.7 Å². The molecule has 0 unspecified atom stereocenters. The second kappa shape index (κ2) is 10.3.